The molecule has 2 N–H and O–H groups in total. The lowest BCUT2D eigenvalue weighted by Gasteiger charge is -2.06. The molecule has 1 amide bonds. The minimum Gasteiger partial charge on any atom is -0.476 e. The predicted octanol–water partition coefficient (Wildman–Crippen LogP) is 0.0649. The van der Waals surface area contributed by atoms with Crippen LogP contribution in [0.1, 0.15) is 36.5 Å². The van der Waals surface area contributed by atoms with E-state index in [1.54, 1.807) is 0 Å². The van der Waals surface area contributed by atoms with Gasteiger partial charge in [-0.3, -0.25) is 4.79 Å². The summed E-state index contributed by atoms with van der Waals surface area (Å²) in [4.78, 5) is 21.6. The van der Waals surface area contributed by atoms with Crippen molar-refractivity contribution in [2.75, 3.05) is 6.54 Å². The van der Waals surface area contributed by atoms with Crippen molar-refractivity contribution in [1.29, 1.82) is 0 Å². The lowest BCUT2D eigenvalue weighted by atomic mass is 10.2. The molecule has 7 nitrogen and oxygen atoms in total. The summed E-state index contributed by atoms with van der Waals surface area (Å²) in [5.74, 6) is -1.19. The number of carboxylic acids is 1. The molecule has 1 heterocycles. The van der Waals surface area contributed by atoms with E-state index in [1.165, 1.54) is 11.6 Å². The second-order valence-corrected chi connectivity index (χ2v) is 3.65. The molecular formula is C10H16N4O3. The highest BCUT2D eigenvalue weighted by atomic mass is 16.4. The molecule has 0 saturated heterocycles. The van der Waals surface area contributed by atoms with E-state index in [2.05, 4.69) is 15.6 Å². The smallest absolute Gasteiger partial charge is 0.358 e. The van der Waals surface area contributed by atoms with Gasteiger partial charge in [-0.15, -0.1) is 5.10 Å². The Morgan fingerprint density at radius 3 is 2.71 bits per heavy atom. The second kappa shape index (κ2) is 5.97. The number of nitrogens with one attached hydrogen (secondary N) is 1. The topological polar surface area (TPSA) is 97.1 Å². The van der Waals surface area contributed by atoms with Crippen molar-refractivity contribution in [2.45, 2.75) is 33.2 Å². The molecule has 1 aromatic heterocycles. The van der Waals surface area contributed by atoms with Gasteiger partial charge in [0.1, 0.15) is 0 Å². The summed E-state index contributed by atoms with van der Waals surface area (Å²) in [5, 5.41) is 19.0. The third-order valence-electron chi connectivity index (χ3n) is 2.22. The Morgan fingerprint density at radius 2 is 2.18 bits per heavy atom. The molecule has 0 fully saturated rings. The number of carbonyl (C=O) groups is 2. The van der Waals surface area contributed by atoms with Crippen molar-refractivity contribution in [3.63, 3.8) is 0 Å². The molecule has 0 atom stereocenters. The first-order valence-corrected chi connectivity index (χ1v) is 5.46. The molecule has 7 heteroatoms. The number of rotatable bonds is 6. The Bertz CT molecular complexity index is 414. The normalized spacial score (nSPS) is 10.2. The Kier molecular flexibility index (Phi) is 4.62. The number of carboxylic acid groups (broad SMARTS) is 1. The van der Waals surface area contributed by atoms with Crippen molar-refractivity contribution in [1.82, 2.24) is 20.3 Å². The summed E-state index contributed by atoms with van der Waals surface area (Å²) < 4.78 is 1.53. The second-order valence-electron chi connectivity index (χ2n) is 3.65. The monoisotopic (exact) mass is 240 g/mol. The number of aromatic nitrogens is 3. The van der Waals surface area contributed by atoms with Crippen molar-refractivity contribution in [2.24, 2.45) is 0 Å². The molecule has 0 radical (unpaired) electrons. The van der Waals surface area contributed by atoms with Gasteiger partial charge >= 0.3 is 5.97 Å². The zero-order chi connectivity index (χ0) is 12.8. The molecule has 0 aliphatic heterocycles. The van der Waals surface area contributed by atoms with Crippen molar-refractivity contribution in [3.8, 4) is 0 Å². The highest BCUT2D eigenvalue weighted by Crippen LogP contribution is 2.08. The van der Waals surface area contributed by atoms with Gasteiger partial charge in [0.05, 0.1) is 12.2 Å². The first-order chi connectivity index (χ1) is 8.06. The molecule has 17 heavy (non-hydrogen) atoms. The van der Waals surface area contributed by atoms with E-state index in [-0.39, 0.29) is 11.6 Å². The third kappa shape index (κ3) is 3.54. The van der Waals surface area contributed by atoms with E-state index < -0.39 is 5.97 Å². The van der Waals surface area contributed by atoms with E-state index in [1.807, 2.05) is 6.92 Å². The number of hydrogen-bond donors (Lipinski definition) is 2. The van der Waals surface area contributed by atoms with Gasteiger partial charge in [-0.2, -0.15) is 0 Å². The van der Waals surface area contributed by atoms with Crippen LogP contribution in [0.15, 0.2) is 0 Å². The SMILES string of the molecule is CCCc1c(C(=O)O)nnn1CCNC(C)=O. The third-order valence-corrected chi connectivity index (χ3v) is 2.22. The van der Waals surface area contributed by atoms with E-state index >= 15 is 0 Å². The average Bonchev–Trinajstić information content (AvgIpc) is 2.62. The summed E-state index contributed by atoms with van der Waals surface area (Å²) in [7, 11) is 0. The Morgan fingerprint density at radius 1 is 1.47 bits per heavy atom. The molecule has 0 spiro atoms. The van der Waals surface area contributed by atoms with Crippen LogP contribution in [0.25, 0.3) is 0 Å². The van der Waals surface area contributed by atoms with Gasteiger partial charge in [0.2, 0.25) is 5.91 Å². The van der Waals surface area contributed by atoms with Crippen LogP contribution in [-0.4, -0.2) is 38.5 Å². The maximum Gasteiger partial charge on any atom is 0.358 e. The molecule has 0 bridgehead atoms. The predicted molar refractivity (Wildman–Crippen MR) is 59.7 cm³/mol. The van der Waals surface area contributed by atoms with Crippen LogP contribution in [0.2, 0.25) is 0 Å². The summed E-state index contributed by atoms with van der Waals surface area (Å²) >= 11 is 0. The first-order valence-electron chi connectivity index (χ1n) is 5.46. The maximum absolute atomic E-state index is 10.9. The van der Waals surface area contributed by atoms with Crippen LogP contribution in [0.5, 0.6) is 0 Å². The molecule has 0 unspecified atom stereocenters. The minimum absolute atomic E-state index is 0.00493. The van der Waals surface area contributed by atoms with Gasteiger partial charge < -0.3 is 10.4 Å². The Hall–Kier alpha value is -1.92. The Labute approximate surface area is 98.8 Å². The van der Waals surface area contributed by atoms with Gasteiger partial charge in [0, 0.05) is 13.5 Å². The van der Waals surface area contributed by atoms with Crippen LogP contribution >= 0.6 is 0 Å². The fourth-order valence-corrected chi connectivity index (χ4v) is 1.50. The quantitative estimate of drug-likeness (QED) is 0.733. The molecule has 0 aromatic carbocycles. The summed E-state index contributed by atoms with van der Waals surface area (Å²) in [5.41, 5.74) is 0.597. The number of carbonyl (C=O) groups excluding carboxylic acids is 1. The molecule has 0 saturated carbocycles. The van der Waals surface area contributed by atoms with Gasteiger partial charge in [0.15, 0.2) is 5.69 Å². The van der Waals surface area contributed by atoms with Gasteiger partial charge in [0.25, 0.3) is 0 Å². The lowest BCUT2D eigenvalue weighted by molar-refractivity contribution is -0.119. The van der Waals surface area contributed by atoms with Crippen LogP contribution < -0.4 is 5.32 Å². The fourth-order valence-electron chi connectivity index (χ4n) is 1.50. The average molecular weight is 240 g/mol. The number of aromatic carboxylic acids is 1. The zero-order valence-electron chi connectivity index (χ0n) is 9.93. The Balaban J connectivity index is 2.77. The number of hydrogen-bond acceptors (Lipinski definition) is 4. The van der Waals surface area contributed by atoms with Crippen molar-refractivity contribution in [3.05, 3.63) is 11.4 Å². The maximum atomic E-state index is 10.9. The summed E-state index contributed by atoms with van der Waals surface area (Å²) in [6.07, 6.45) is 1.42. The standard InChI is InChI=1S/C10H16N4O3/c1-3-4-8-9(10(16)17)12-13-14(8)6-5-11-7(2)15/h3-6H2,1-2H3,(H,11,15)(H,16,17). The molecule has 1 aromatic rings. The molecular weight excluding hydrogens is 224 g/mol. The van der Waals surface area contributed by atoms with Crippen molar-refractivity contribution >= 4 is 11.9 Å². The molecule has 0 aliphatic carbocycles. The summed E-state index contributed by atoms with van der Waals surface area (Å²) in [6.45, 7) is 4.22. The van der Waals surface area contributed by atoms with Crippen LogP contribution in [-0.2, 0) is 17.8 Å². The van der Waals surface area contributed by atoms with Crippen LogP contribution in [0.4, 0.5) is 0 Å². The largest absolute Gasteiger partial charge is 0.476 e. The number of amides is 1. The first kappa shape index (κ1) is 13.1. The number of nitrogens with zero attached hydrogens (tertiary/aromatic N) is 3. The summed E-state index contributed by atoms with van der Waals surface area (Å²) in [6, 6.07) is 0. The lowest BCUT2D eigenvalue weighted by Crippen LogP contribution is -2.25. The fraction of sp³-hybridized carbons (Fsp3) is 0.600. The molecule has 1 rings (SSSR count). The highest BCUT2D eigenvalue weighted by molar-refractivity contribution is 5.86. The van der Waals surface area contributed by atoms with E-state index in [4.69, 9.17) is 5.11 Å². The van der Waals surface area contributed by atoms with Crippen LogP contribution in [0, 0.1) is 0 Å². The van der Waals surface area contributed by atoms with E-state index in [9.17, 15) is 9.59 Å². The van der Waals surface area contributed by atoms with Gasteiger partial charge in [-0.1, -0.05) is 18.6 Å². The highest BCUT2D eigenvalue weighted by Gasteiger charge is 2.17. The molecule has 94 valence electrons. The van der Waals surface area contributed by atoms with Crippen LogP contribution in [0.3, 0.4) is 0 Å². The zero-order valence-corrected chi connectivity index (χ0v) is 9.93. The van der Waals surface area contributed by atoms with Crippen molar-refractivity contribution < 1.29 is 14.7 Å². The van der Waals surface area contributed by atoms with Gasteiger partial charge in [-0.05, 0) is 6.42 Å². The van der Waals surface area contributed by atoms with E-state index in [0.717, 1.165) is 6.42 Å². The molecule has 0 aliphatic rings. The van der Waals surface area contributed by atoms with E-state index in [0.29, 0.717) is 25.2 Å². The van der Waals surface area contributed by atoms with Gasteiger partial charge in [-0.25, -0.2) is 9.48 Å². The minimum atomic E-state index is -1.07.